The quantitative estimate of drug-likeness (QED) is 0.525. The smallest absolute Gasteiger partial charge is 0.0186 e. The Morgan fingerprint density at radius 1 is 1.25 bits per heavy atom. The Bertz CT molecular complexity index is 107. The second kappa shape index (κ2) is 1.44. The molecule has 1 heteroatoms. The Hall–Kier alpha value is 0.350. The molecule has 0 N–H and O–H groups in total. The van der Waals surface area contributed by atoms with E-state index in [1.165, 1.54) is 6.42 Å². The third-order valence-electron chi connectivity index (χ3n) is 2.54. The van der Waals surface area contributed by atoms with Crippen LogP contribution in [0.15, 0.2) is 0 Å². The minimum Gasteiger partial charge on any atom is -0.158 e. The van der Waals surface area contributed by atoms with Gasteiger partial charge in [-0.25, -0.2) is 0 Å². The maximum absolute atomic E-state index is 2.34. The van der Waals surface area contributed by atoms with E-state index >= 15 is 0 Å². The molecule has 0 aromatic carbocycles. The predicted molar refractivity (Wildman–Crippen MR) is 40.3 cm³/mol. The van der Waals surface area contributed by atoms with Gasteiger partial charge in [0, 0.05) is 4.75 Å². The summed E-state index contributed by atoms with van der Waals surface area (Å²) in [6, 6.07) is 0. The molecule has 1 atom stereocenters. The molecule has 0 nitrogen and oxygen atoms in total. The minimum atomic E-state index is 0.604. The van der Waals surface area contributed by atoms with Gasteiger partial charge in [-0.3, -0.25) is 0 Å². The summed E-state index contributed by atoms with van der Waals surface area (Å²) in [5, 5.41) is 0. The van der Waals surface area contributed by atoms with Crippen molar-refractivity contribution in [3.05, 3.63) is 0 Å². The molecular formula is C7H14S. The summed E-state index contributed by atoms with van der Waals surface area (Å²) in [5.41, 5.74) is 0.617. The second-order valence-corrected chi connectivity index (χ2v) is 4.80. The van der Waals surface area contributed by atoms with Crippen LogP contribution in [0.3, 0.4) is 0 Å². The van der Waals surface area contributed by atoms with Gasteiger partial charge >= 0.3 is 0 Å². The molecule has 0 heterocycles. The van der Waals surface area contributed by atoms with E-state index in [1.807, 2.05) is 11.8 Å². The number of hydrogen-bond acceptors (Lipinski definition) is 1. The molecule has 0 spiro atoms. The summed E-state index contributed by atoms with van der Waals surface area (Å²) in [6.45, 7) is 7.02. The molecule has 0 bridgehead atoms. The summed E-state index contributed by atoms with van der Waals surface area (Å²) in [5.74, 6) is 0. The van der Waals surface area contributed by atoms with Crippen LogP contribution in [-0.2, 0) is 0 Å². The van der Waals surface area contributed by atoms with Gasteiger partial charge in [0.25, 0.3) is 0 Å². The first kappa shape index (κ1) is 6.47. The Kier molecular flexibility index (Phi) is 1.16. The van der Waals surface area contributed by atoms with E-state index in [2.05, 4.69) is 27.0 Å². The topological polar surface area (TPSA) is 0 Å². The minimum absolute atomic E-state index is 0.604. The summed E-state index contributed by atoms with van der Waals surface area (Å²) in [6.07, 6.45) is 3.59. The third kappa shape index (κ3) is 0.680. The second-order valence-electron chi connectivity index (χ2n) is 3.50. The van der Waals surface area contributed by atoms with Gasteiger partial charge in [-0.2, -0.15) is 11.8 Å². The van der Waals surface area contributed by atoms with Crippen molar-refractivity contribution >= 4 is 11.8 Å². The Labute approximate surface area is 56.0 Å². The summed E-state index contributed by atoms with van der Waals surface area (Å²) < 4.78 is 0.604. The molecule has 0 aromatic heterocycles. The Morgan fingerprint density at radius 2 is 1.62 bits per heavy atom. The first-order valence-electron chi connectivity index (χ1n) is 3.07. The lowest BCUT2D eigenvalue weighted by molar-refractivity contribution is 0.608. The van der Waals surface area contributed by atoms with Gasteiger partial charge < -0.3 is 0 Å². The summed E-state index contributed by atoms with van der Waals surface area (Å²) >= 11 is 2.00. The van der Waals surface area contributed by atoms with Gasteiger partial charge in [0.05, 0.1) is 0 Å². The molecule has 0 aliphatic heterocycles. The summed E-state index contributed by atoms with van der Waals surface area (Å²) in [4.78, 5) is 0. The van der Waals surface area contributed by atoms with Gasteiger partial charge in [0.15, 0.2) is 0 Å². The Balaban J connectivity index is 2.55. The van der Waals surface area contributed by atoms with Crippen LogP contribution in [0.4, 0.5) is 0 Å². The third-order valence-corrected chi connectivity index (χ3v) is 4.13. The average molecular weight is 130 g/mol. The highest BCUT2D eigenvalue weighted by atomic mass is 32.2. The molecule has 8 heavy (non-hydrogen) atoms. The molecule has 0 amide bonds. The molecule has 0 saturated heterocycles. The molecule has 1 rings (SSSR count). The molecule has 1 aliphatic carbocycles. The number of thioether (sulfide) groups is 1. The predicted octanol–water partition coefficient (Wildman–Crippen LogP) is 2.54. The van der Waals surface area contributed by atoms with Crippen LogP contribution in [0, 0.1) is 5.41 Å². The number of hydrogen-bond donors (Lipinski definition) is 0. The van der Waals surface area contributed by atoms with E-state index in [0.717, 1.165) is 0 Å². The molecule has 48 valence electrons. The van der Waals surface area contributed by atoms with Crippen LogP contribution in [0.5, 0.6) is 0 Å². The van der Waals surface area contributed by atoms with Crippen LogP contribution in [0.25, 0.3) is 0 Å². The zero-order valence-electron chi connectivity index (χ0n) is 6.12. The van der Waals surface area contributed by atoms with Crippen LogP contribution < -0.4 is 0 Å². The van der Waals surface area contributed by atoms with E-state index < -0.39 is 0 Å². The highest BCUT2D eigenvalue weighted by Crippen LogP contribution is 2.62. The first-order chi connectivity index (χ1) is 3.52. The highest BCUT2D eigenvalue weighted by Gasteiger charge is 2.56. The van der Waals surface area contributed by atoms with E-state index in [9.17, 15) is 0 Å². The van der Waals surface area contributed by atoms with Gasteiger partial charge in [0.2, 0.25) is 0 Å². The van der Waals surface area contributed by atoms with Crippen molar-refractivity contribution in [3.63, 3.8) is 0 Å². The van der Waals surface area contributed by atoms with Gasteiger partial charge in [-0.1, -0.05) is 13.8 Å². The molecule has 1 aliphatic rings. The lowest BCUT2D eigenvalue weighted by Crippen LogP contribution is -2.03. The van der Waals surface area contributed by atoms with E-state index in [1.54, 1.807) is 0 Å². The molecule has 1 unspecified atom stereocenters. The first-order valence-corrected chi connectivity index (χ1v) is 4.29. The van der Waals surface area contributed by atoms with Crippen molar-refractivity contribution in [3.8, 4) is 0 Å². The zero-order valence-corrected chi connectivity index (χ0v) is 6.93. The molecule has 1 saturated carbocycles. The lowest BCUT2D eigenvalue weighted by Gasteiger charge is -2.09. The lowest BCUT2D eigenvalue weighted by atomic mass is 10.1. The van der Waals surface area contributed by atoms with Crippen molar-refractivity contribution in [1.82, 2.24) is 0 Å². The average Bonchev–Trinajstić information content (AvgIpc) is 2.10. The van der Waals surface area contributed by atoms with Crippen LogP contribution >= 0.6 is 11.8 Å². The SMILES string of the molecule is CSC1(C)CC1(C)C. The summed E-state index contributed by atoms with van der Waals surface area (Å²) in [7, 11) is 0. The fourth-order valence-electron chi connectivity index (χ4n) is 1.15. The van der Waals surface area contributed by atoms with E-state index in [0.29, 0.717) is 10.2 Å². The maximum Gasteiger partial charge on any atom is 0.0186 e. The van der Waals surface area contributed by atoms with Crippen LogP contribution in [0.1, 0.15) is 27.2 Å². The normalized spacial score (nSPS) is 42.0. The molecule has 1 fully saturated rings. The van der Waals surface area contributed by atoms with Gasteiger partial charge in [-0.15, -0.1) is 0 Å². The zero-order chi connectivity index (χ0) is 6.41. The monoisotopic (exact) mass is 130 g/mol. The molecule has 0 aromatic rings. The standard InChI is InChI=1S/C7H14S/c1-6(2)5-7(6,3)8-4/h5H2,1-4H3. The Morgan fingerprint density at radius 3 is 1.62 bits per heavy atom. The fourth-order valence-corrected chi connectivity index (χ4v) is 2.21. The van der Waals surface area contributed by atoms with Crippen molar-refractivity contribution in [2.45, 2.75) is 31.9 Å². The van der Waals surface area contributed by atoms with Crippen LogP contribution in [0.2, 0.25) is 0 Å². The van der Waals surface area contributed by atoms with Gasteiger partial charge in [-0.05, 0) is 25.0 Å². The van der Waals surface area contributed by atoms with Crippen molar-refractivity contribution < 1.29 is 0 Å². The maximum atomic E-state index is 2.34. The fraction of sp³-hybridized carbons (Fsp3) is 1.00. The van der Waals surface area contributed by atoms with Crippen LogP contribution in [-0.4, -0.2) is 11.0 Å². The van der Waals surface area contributed by atoms with Crippen molar-refractivity contribution in [2.75, 3.05) is 6.26 Å². The van der Waals surface area contributed by atoms with Crippen molar-refractivity contribution in [1.29, 1.82) is 0 Å². The largest absolute Gasteiger partial charge is 0.158 e. The van der Waals surface area contributed by atoms with Crippen molar-refractivity contribution in [2.24, 2.45) is 5.41 Å². The number of rotatable bonds is 1. The highest BCUT2D eigenvalue weighted by molar-refractivity contribution is 8.00. The van der Waals surface area contributed by atoms with E-state index in [-0.39, 0.29) is 0 Å². The van der Waals surface area contributed by atoms with Gasteiger partial charge in [0.1, 0.15) is 0 Å². The molecule has 0 radical (unpaired) electrons. The molecular weight excluding hydrogens is 116 g/mol. The van der Waals surface area contributed by atoms with E-state index in [4.69, 9.17) is 0 Å².